The van der Waals surface area contributed by atoms with Gasteiger partial charge in [0.15, 0.2) is 0 Å². The number of hydrogen-bond donors (Lipinski definition) is 1. The summed E-state index contributed by atoms with van der Waals surface area (Å²) < 4.78 is 28.8. The molecule has 0 aromatic heterocycles. The number of benzene rings is 3. The first-order valence-corrected chi connectivity index (χ1v) is 14.1. The van der Waals surface area contributed by atoms with Crippen LogP contribution in [0, 0.1) is 13.8 Å². The topological polar surface area (TPSA) is 60.9 Å². The molecule has 2 unspecified atom stereocenters. The Labute approximate surface area is 218 Å². The van der Waals surface area contributed by atoms with Crippen LogP contribution in [-0.4, -0.2) is 61.1 Å². The Morgan fingerprint density at radius 3 is 2.39 bits per heavy atom. The predicted octanol–water partition coefficient (Wildman–Crippen LogP) is 5.01. The summed E-state index contributed by atoms with van der Waals surface area (Å²) in [7, 11) is -3.66. The number of rotatable bonds is 5. The normalized spacial score (nSPS) is 22.9. The van der Waals surface area contributed by atoms with Crippen LogP contribution in [0.5, 0.6) is 0 Å². The highest BCUT2D eigenvalue weighted by Gasteiger charge is 2.49. The van der Waals surface area contributed by atoms with Gasteiger partial charge in [0.05, 0.1) is 11.5 Å². The van der Waals surface area contributed by atoms with Crippen molar-refractivity contribution in [1.29, 1.82) is 0 Å². The summed E-state index contributed by atoms with van der Waals surface area (Å²) in [5.41, 5.74) is 5.07. The highest BCUT2D eigenvalue weighted by atomic mass is 35.5. The van der Waals surface area contributed by atoms with Crippen molar-refractivity contribution in [3.05, 3.63) is 101 Å². The average molecular weight is 523 g/mol. The summed E-state index contributed by atoms with van der Waals surface area (Å²) >= 11 is 6.33. The van der Waals surface area contributed by atoms with E-state index in [0.29, 0.717) is 24.5 Å². The quantitative estimate of drug-likeness (QED) is 0.478. The Kier molecular flexibility index (Phi) is 7.07. The SMILES string of the molecule is Cc1ccccc1S(=O)(=O)N1CC=CCN2C(CO)C(c3ccc(-c4cccc(Cl)c4C)cc3)[C@@H]2C1. The van der Waals surface area contributed by atoms with Gasteiger partial charge in [-0.25, -0.2) is 8.42 Å². The van der Waals surface area contributed by atoms with E-state index in [-0.39, 0.29) is 24.6 Å². The average Bonchev–Trinajstić information content (AvgIpc) is 2.85. The van der Waals surface area contributed by atoms with E-state index in [1.807, 2.05) is 50.3 Å². The molecule has 5 rings (SSSR count). The highest BCUT2D eigenvalue weighted by molar-refractivity contribution is 7.89. The number of sulfonamides is 1. The van der Waals surface area contributed by atoms with Gasteiger partial charge in [-0.1, -0.05) is 78.4 Å². The highest BCUT2D eigenvalue weighted by Crippen LogP contribution is 2.42. The second kappa shape index (κ2) is 10.1. The molecule has 0 saturated carbocycles. The lowest BCUT2D eigenvalue weighted by molar-refractivity contribution is -0.0415. The van der Waals surface area contributed by atoms with E-state index in [1.165, 1.54) is 0 Å². The van der Waals surface area contributed by atoms with E-state index in [0.717, 1.165) is 32.8 Å². The molecule has 5 nitrogen and oxygen atoms in total. The maximum Gasteiger partial charge on any atom is 0.243 e. The molecule has 7 heteroatoms. The fourth-order valence-electron chi connectivity index (χ4n) is 5.62. The Balaban J connectivity index is 1.45. The van der Waals surface area contributed by atoms with Gasteiger partial charge in [-0.15, -0.1) is 0 Å². The molecular weight excluding hydrogens is 492 g/mol. The molecule has 2 heterocycles. The van der Waals surface area contributed by atoms with Gasteiger partial charge in [0.1, 0.15) is 0 Å². The minimum atomic E-state index is -3.66. The molecule has 0 radical (unpaired) electrons. The number of aliphatic hydroxyl groups excluding tert-OH is 1. The lowest BCUT2D eigenvalue weighted by Gasteiger charge is -2.56. The zero-order valence-electron chi connectivity index (χ0n) is 20.5. The molecular formula is C29H31ClN2O3S. The molecule has 3 aromatic carbocycles. The number of aryl methyl sites for hydroxylation is 1. The summed E-state index contributed by atoms with van der Waals surface area (Å²) in [6.07, 6.45) is 3.92. The third-order valence-corrected chi connectivity index (χ3v) is 10.0. The number of aliphatic hydroxyl groups is 1. The predicted molar refractivity (Wildman–Crippen MR) is 145 cm³/mol. The van der Waals surface area contributed by atoms with Gasteiger partial charge in [-0.3, -0.25) is 4.90 Å². The van der Waals surface area contributed by atoms with Crippen molar-refractivity contribution >= 4 is 21.6 Å². The fourth-order valence-corrected chi connectivity index (χ4v) is 7.43. The molecule has 0 aliphatic carbocycles. The molecule has 3 aromatic rings. The van der Waals surface area contributed by atoms with Gasteiger partial charge in [0, 0.05) is 42.7 Å². The zero-order chi connectivity index (χ0) is 25.4. The van der Waals surface area contributed by atoms with Crippen LogP contribution >= 0.6 is 11.6 Å². The number of nitrogens with zero attached hydrogens (tertiary/aromatic N) is 2. The largest absolute Gasteiger partial charge is 0.395 e. The van der Waals surface area contributed by atoms with Crippen LogP contribution in [-0.2, 0) is 10.0 Å². The van der Waals surface area contributed by atoms with Crippen molar-refractivity contribution in [2.24, 2.45) is 0 Å². The van der Waals surface area contributed by atoms with Gasteiger partial charge in [-0.05, 0) is 53.8 Å². The second-order valence-corrected chi connectivity index (χ2v) is 11.9. The van der Waals surface area contributed by atoms with Gasteiger partial charge < -0.3 is 5.11 Å². The zero-order valence-corrected chi connectivity index (χ0v) is 22.1. The number of hydrogen-bond acceptors (Lipinski definition) is 4. The van der Waals surface area contributed by atoms with Crippen LogP contribution < -0.4 is 0 Å². The van der Waals surface area contributed by atoms with Crippen LogP contribution in [0.4, 0.5) is 0 Å². The fraction of sp³-hybridized carbons (Fsp3) is 0.310. The van der Waals surface area contributed by atoms with E-state index in [1.54, 1.807) is 16.4 Å². The van der Waals surface area contributed by atoms with Crippen molar-refractivity contribution in [1.82, 2.24) is 9.21 Å². The number of halogens is 1. The molecule has 3 atom stereocenters. The first-order valence-electron chi connectivity index (χ1n) is 12.3. The van der Waals surface area contributed by atoms with Crippen molar-refractivity contribution in [3.8, 4) is 11.1 Å². The maximum atomic E-state index is 13.6. The summed E-state index contributed by atoms with van der Waals surface area (Å²) in [4.78, 5) is 2.57. The molecule has 1 N–H and O–H groups in total. The Bertz CT molecular complexity index is 1390. The molecule has 2 aliphatic heterocycles. The summed E-state index contributed by atoms with van der Waals surface area (Å²) in [6, 6.07) is 21.4. The lowest BCUT2D eigenvalue weighted by atomic mass is 9.74. The number of fused-ring (bicyclic) bond motifs is 1. The smallest absolute Gasteiger partial charge is 0.243 e. The van der Waals surface area contributed by atoms with Gasteiger partial charge in [-0.2, -0.15) is 4.31 Å². The van der Waals surface area contributed by atoms with E-state index in [9.17, 15) is 13.5 Å². The van der Waals surface area contributed by atoms with Crippen molar-refractivity contribution in [2.45, 2.75) is 36.7 Å². The van der Waals surface area contributed by atoms with Crippen LogP contribution in [0.1, 0.15) is 22.6 Å². The van der Waals surface area contributed by atoms with Crippen LogP contribution in [0.15, 0.2) is 83.8 Å². The first kappa shape index (κ1) is 25.2. The second-order valence-electron chi connectivity index (χ2n) is 9.63. The lowest BCUT2D eigenvalue weighted by Crippen LogP contribution is -2.67. The van der Waals surface area contributed by atoms with Crippen LogP contribution in [0.3, 0.4) is 0 Å². The molecule has 188 valence electrons. The van der Waals surface area contributed by atoms with Gasteiger partial charge >= 0.3 is 0 Å². The first-order chi connectivity index (χ1) is 17.3. The maximum absolute atomic E-state index is 13.6. The standard InChI is InChI=1S/C29H31ClN2O3S/c1-20-8-3-4-11-28(20)36(34,35)31-16-5-6-17-32-26(18-31)29(27(32)19-33)23-14-12-22(13-15-23)24-9-7-10-25(30)21(24)2/h3-15,26-27,29,33H,16-19H2,1-2H3/t26-,27?,29?/m0/s1. The molecule has 0 amide bonds. The summed E-state index contributed by atoms with van der Waals surface area (Å²) in [5.74, 6) is 0.0329. The molecule has 0 spiro atoms. The molecule has 1 saturated heterocycles. The van der Waals surface area contributed by atoms with E-state index < -0.39 is 10.0 Å². The van der Waals surface area contributed by atoms with E-state index in [4.69, 9.17) is 11.6 Å². The minimum absolute atomic E-state index is 0.0225. The van der Waals surface area contributed by atoms with Gasteiger partial charge in [0.25, 0.3) is 0 Å². The van der Waals surface area contributed by atoms with Crippen molar-refractivity contribution in [2.75, 3.05) is 26.2 Å². The third-order valence-electron chi connectivity index (χ3n) is 7.64. The Morgan fingerprint density at radius 2 is 1.67 bits per heavy atom. The van der Waals surface area contributed by atoms with Crippen LogP contribution in [0.25, 0.3) is 11.1 Å². The molecule has 2 aliphatic rings. The Morgan fingerprint density at radius 1 is 0.944 bits per heavy atom. The third kappa shape index (κ3) is 4.42. The van der Waals surface area contributed by atoms with Crippen molar-refractivity contribution < 1.29 is 13.5 Å². The monoisotopic (exact) mass is 522 g/mol. The molecule has 0 bridgehead atoms. The molecule has 36 heavy (non-hydrogen) atoms. The Hall–Kier alpha value is -2.48. The molecule has 1 fully saturated rings. The van der Waals surface area contributed by atoms with E-state index in [2.05, 4.69) is 35.2 Å². The van der Waals surface area contributed by atoms with Crippen molar-refractivity contribution in [3.63, 3.8) is 0 Å². The van der Waals surface area contributed by atoms with Gasteiger partial charge in [0.2, 0.25) is 10.0 Å². The van der Waals surface area contributed by atoms with Crippen LogP contribution in [0.2, 0.25) is 5.02 Å². The van der Waals surface area contributed by atoms with E-state index >= 15 is 0 Å². The minimum Gasteiger partial charge on any atom is -0.395 e. The summed E-state index contributed by atoms with van der Waals surface area (Å²) in [5, 5.41) is 11.0. The summed E-state index contributed by atoms with van der Waals surface area (Å²) in [6.45, 7) is 5.28.